The number of aryl methyl sites for hydroxylation is 1. The molecule has 1 aliphatic carbocycles. The predicted molar refractivity (Wildman–Crippen MR) is 149 cm³/mol. The minimum Gasteiger partial charge on any atom is -0.266 e. The maximum Gasteiger partial charge on any atom is 0.291 e. The first-order valence-electron chi connectivity index (χ1n) is 11.9. The fourth-order valence-corrected chi connectivity index (χ4v) is 6.06. The van der Waals surface area contributed by atoms with Crippen LogP contribution in [-0.4, -0.2) is 24.4 Å². The summed E-state index contributed by atoms with van der Waals surface area (Å²) >= 11 is 13.1. The largest absolute Gasteiger partial charge is 0.291 e. The van der Waals surface area contributed by atoms with Gasteiger partial charge in [-0.05, 0) is 42.5 Å². The summed E-state index contributed by atoms with van der Waals surface area (Å²) in [5.74, 6) is 0.848. The molecule has 0 saturated heterocycles. The highest BCUT2D eigenvalue weighted by molar-refractivity contribution is 7.15. The van der Waals surface area contributed by atoms with Crippen LogP contribution in [0.25, 0.3) is 28.0 Å². The third-order valence-electron chi connectivity index (χ3n) is 7.07. The number of allylic oxidation sites excluding steroid dienone is 1. The maximum absolute atomic E-state index is 13.3. The van der Waals surface area contributed by atoms with Crippen molar-refractivity contribution < 1.29 is 0 Å². The molecule has 0 aliphatic heterocycles. The fourth-order valence-electron chi connectivity index (χ4n) is 4.88. The topological polar surface area (TPSA) is 65.1 Å². The Morgan fingerprint density at radius 3 is 2.46 bits per heavy atom. The van der Waals surface area contributed by atoms with E-state index in [0.29, 0.717) is 15.3 Å². The molecule has 186 valence electrons. The number of benzene rings is 2. The first-order valence-corrected chi connectivity index (χ1v) is 13.5. The zero-order valence-corrected chi connectivity index (χ0v) is 22.7. The molecule has 2 aromatic carbocycles. The molecular weight excluding hydrogens is 525 g/mol. The Balaban J connectivity index is 1.43. The molecule has 1 aliphatic rings. The Morgan fingerprint density at radius 1 is 1.05 bits per heavy atom. The Kier molecular flexibility index (Phi) is 5.82. The molecule has 1 fully saturated rings. The van der Waals surface area contributed by atoms with Gasteiger partial charge in [-0.2, -0.15) is 9.61 Å². The second-order valence-electron chi connectivity index (χ2n) is 9.94. The van der Waals surface area contributed by atoms with Gasteiger partial charge in [0.2, 0.25) is 4.96 Å². The van der Waals surface area contributed by atoms with Gasteiger partial charge in [0.15, 0.2) is 5.82 Å². The molecule has 9 heteroatoms. The number of hydrogen-bond donors (Lipinski definition) is 0. The van der Waals surface area contributed by atoms with Crippen LogP contribution < -0.4 is 10.1 Å². The van der Waals surface area contributed by atoms with Crippen LogP contribution in [-0.2, 0) is 0 Å². The minimum absolute atomic E-state index is 0.0659. The van der Waals surface area contributed by atoms with Crippen molar-refractivity contribution in [1.29, 1.82) is 0 Å². The van der Waals surface area contributed by atoms with E-state index in [0.717, 1.165) is 22.5 Å². The van der Waals surface area contributed by atoms with Crippen LogP contribution >= 0.6 is 34.5 Å². The zero-order valence-electron chi connectivity index (χ0n) is 20.4. The van der Waals surface area contributed by atoms with Gasteiger partial charge in [-0.3, -0.25) is 4.79 Å². The molecule has 2 atom stereocenters. The number of halogens is 2. The molecule has 3 aromatic heterocycles. The number of nitrogens with zero attached hydrogens (tertiary/aromatic N) is 5. The van der Waals surface area contributed by atoms with Crippen molar-refractivity contribution in [2.75, 3.05) is 0 Å². The van der Waals surface area contributed by atoms with E-state index in [4.69, 9.17) is 33.3 Å². The minimum atomic E-state index is -0.193. The highest BCUT2D eigenvalue weighted by atomic mass is 35.5. The lowest BCUT2D eigenvalue weighted by Gasteiger charge is -2.01. The quantitative estimate of drug-likeness (QED) is 0.274. The second kappa shape index (κ2) is 8.94. The zero-order chi connectivity index (χ0) is 25.9. The normalized spacial score (nSPS) is 18.9. The predicted octanol–water partition coefficient (Wildman–Crippen LogP) is 5.92. The van der Waals surface area contributed by atoms with Crippen LogP contribution in [0.15, 0.2) is 76.2 Å². The van der Waals surface area contributed by atoms with Crippen LogP contribution in [0.4, 0.5) is 0 Å². The number of thiazole rings is 1. The van der Waals surface area contributed by atoms with Gasteiger partial charge in [0, 0.05) is 23.2 Å². The summed E-state index contributed by atoms with van der Waals surface area (Å²) < 4.78 is 4.03. The monoisotopic (exact) mass is 547 g/mol. The lowest BCUT2D eigenvalue weighted by atomic mass is 10.1. The van der Waals surface area contributed by atoms with Crippen LogP contribution in [0, 0.1) is 18.3 Å². The van der Waals surface area contributed by atoms with Gasteiger partial charge in [0.05, 0.1) is 15.9 Å². The molecule has 0 bridgehead atoms. The van der Waals surface area contributed by atoms with E-state index in [1.54, 1.807) is 0 Å². The Bertz CT molecular complexity index is 1760. The van der Waals surface area contributed by atoms with Gasteiger partial charge in [0.25, 0.3) is 5.56 Å². The van der Waals surface area contributed by atoms with E-state index in [1.165, 1.54) is 21.4 Å². The highest BCUT2D eigenvalue weighted by Gasteiger charge is 2.59. The van der Waals surface area contributed by atoms with Crippen molar-refractivity contribution in [2.45, 2.75) is 26.7 Å². The van der Waals surface area contributed by atoms with Crippen molar-refractivity contribution in [2.24, 2.45) is 11.3 Å². The molecule has 37 heavy (non-hydrogen) atoms. The fraction of sp³-hybridized carbons (Fsp3) is 0.214. The third-order valence-corrected chi connectivity index (χ3v) is 8.28. The van der Waals surface area contributed by atoms with E-state index in [2.05, 4.69) is 38.0 Å². The molecule has 6 rings (SSSR count). The van der Waals surface area contributed by atoms with Gasteiger partial charge in [-0.15, -0.1) is 5.10 Å². The van der Waals surface area contributed by atoms with Crippen LogP contribution in [0.5, 0.6) is 0 Å². The highest BCUT2D eigenvalue weighted by Crippen LogP contribution is 2.64. The smallest absolute Gasteiger partial charge is 0.266 e. The van der Waals surface area contributed by atoms with E-state index < -0.39 is 0 Å². The summed E-state index contributed by atoms with van der Waals surface area (Å²) in [6.45, 7) is 6.30. The maximum atomic E-state index is 13.3. The molecule has 5 aromatic rings. The van der Waals surface area contributed by atoms with Gasteiger partial charge < -0.3 is 0 Å². The van der Waals surface area contributed by atoms with Crippen LogP contribution in [0.1, 0.15) is 36.7 Å². The van der Waals surface area contributed by atoms with Crippen molar-refractivity contribution in [3.63, 3.8) is 0 Å². The SMILES string of the molecule is Cc1ccc(-c2nn(-c3ccccc3)cc2/C=c2\sc3nc([C@H]4[C@H](C=C(Cl)Cl)C4(C)C)nn3c2=O)cc1. The summed E-state index contributed by atoms with van der Waals surface area (Å²) in [5.41, 5.74) is 4.48. The average molecular weight is 548 g/mol. The van der Waals surface area contributed by atoms with E-state index in [-0.39, 0.29) is 27.3 Å². The van der Waals surface area contributed by atoms with Crippen LogP contribution in [0.2, 0.25) is 0 Å². The summed E-state index contributed by atoms with van der Waals surface area (Å²) in [6, 6.07) is 18.1. The van der Waals surface area contributed by atoms with Gasteiger partial charge in [0.1, 0.15) is 4.49 Å². The van der Waals surface area contributed by atoms with Gasteiger partial charge >= 0.3 is 0 Å². The molecule has 0 amide bonds. The lowest BCUT2D eigenvalue weighted by molar-refractivity contribution is 0.585. The third kappa shape index (κ3) is 4.31. The average Bonchev–Trinajstić information content (AvgIpc) is 3.28. The first-order chi connectivity index (χ1) is 17.7. The Labute approximate surface area is 227 Å². The summed E-state index contributed by atoms with van der Waals surface area (Å²) in [4.78, 5) is 18.6. The number of rotatable bonds is 5. The number of para-hydroxylation sites is 1. The molecule has 0 spiro atoms. The molecule has 6 nitrogen and oxygen atoms in total. The molecule has 1 saturated carbocycles. The summed E-state index contributed by atoms with van der Waals surface area (Å²) in [6.07, 6.45) is 5.66. The van der Waals surface area contributed by atoms with Gasteiger partial charge in [-0.25, -0.2) is 9.67 Å². The van der Waals surface area contributed by atoms with Crippen LogP contribution in [0.3, 0.4) is 0 Å². The van der Waals surface area contributed by atoms with E-state index in [1.807, 2.05) is 65.5 Å². The Morgan fingerprint density at radius 2 is 1.78 bits per heavy atom. The van der Waals surface area contributed by atoms with E-state index in [9.17, 15) is 4.79 Å². The second-order valence-corrected chi connectivity index (χ2v) is 12.0. The van der Waals surface area contributed by atoms with Crippen molar-refractivity contribution in [3.05, 3.63) is 103 Å². The Hall–Kier alpha value is -3.26. The molecule has 0 N–H and O–H groups in total. The van der Waals surface area contributed by atoms with Crippen molar-refractivity contribution in [1.82, 2.24) is 24.4 Å². The van der Waals surface area contributed by atoms with Crippen molar-refractivity contribution >= 4 is 45.6 Å². The number of fused-ring (bicyclic) bond motifs is 1. The van der Waals surface area contributed by atoms with Crippen molar-refractivity contribution in [3.8, 4) is 16.9 Å². The molecule has 0 unspecified atom stereocenters. The number of hydrogen-bond acceptors (Lipinski definition) is 5. The van der Waals surface area contributed by atoms with Gasteiger partial charge in [-0.1, -0.05) is 96.4 Å². The standard InChI is InChI=1S/C28H23Cl2N5OS/c1-16-9-11-17(12-10-16)24-18(15-34(32-24)19-7-5-4-6-8-19)13-21-26(36)35-27(37-21)31-25(33-35)23-20(14-22(29)30)28(23,2)3/h4-15,20,23H,1-3H3/b21-13-/t20-,23+/m0/s1. The molecular formula is C28H23Cl2N5OS. The summed E-state index contributed by atoms with van der Waals surface area (Å²) in [7, 11) is 0. The summed E-state index contributed by atoms with van der Waals surface area (Å²) in [5, 5.41) is 9.44. The molecule has 0 radical (unpaired) electrons. The number of aromatic nitrogens is 5. The molecule has 3 heterocycles. The first kappa shape index (κ1) is 24.1. The van der Waals surface area contributed by atoms with E-state index >= 15 is 0 Å². The lowest BCUT2D eigenvalue weighted by Crippen LogP contribution is -2.23.